The lowest BCUT2D eigenvalue weighted by Gasteiger charge is -2.16. The molecule has 1 aromatic rings. The molecule has 26 heavy (non-hydrogen) atoms. The Bertz CT molecular complexity index is 495. The summed E-state index contributed by atoms with van der Waals surface area (Å²) >= 11 is 0. The van der Waals surface area contributed by atoms with E-state index in [9.17, 15) is 10.2 Å². The zero-order chi connectivity index (χ0) is 19.2. The van der Waals surface area contributed by atoms with Crippen LogP contribution >= 0.6 is 0 Å². The van der Waals surface area contributed by atoms with Crippen molar-refractivity contribution < 1.29 is 19.7 Å². The number of methoxy groups -OCH3 is 1. The van der Waals surface area contributed by atoms with Crippen molar-refractivity contribution in [1.29, 1.82) is 0 Å². The standard InChI is InChI=1S/C20H36N2O4/c1-22(2)19-14-17(15-23)20(24)18(21-19)12-10-8-6-4-5-7-9-11-13-26-16-25-3/h14,23-24H,4-13,15-16H2,1-3H3. The van der Waals surface area contributed by atoms with Crippen molar-refractivity contribution in [3.63, 3.8) is 0 Å². The van der Waals surface area contributed by atoms with Gasteiger partial charge in [0.2, 0.25) is 0 Å². The quantitative estimate of drug-likeness (QED) is 0.364. The van der Waals surface area contributed by atoms with E-state index in [0.717, 1.165) is 38.1 Å². The minimum atomic E-state index is -0.168. The van der Waals surface area contributed by atoms with Gasteiger partial charge in [-0.05, 0) is 25.3 Å². The Kier molecular flexibility index (Phi) is 12.0. The number of pyridine rings is 1. The SMILES string of the molecule is COCOCCCCCCCCCCc1nc(N(C)C)cc(CO)c1O. The molecule has 0 aromatic carbocycles. The van der Waals surface area contributed by atoms with Crippen molar-refractivity contribution in [2.45, 2.75) is 64.4 Å². The van der Waals surface area contributed by atoms with E-state index in [1.165, 1.54) is 32.1 Å². The molecule has 0 spiro atoms. The van der Waals surface area contributed by atoms with E-state index in [0.29, 0.717) is 18.1 Å². The molecule has 0 radical (unpaired) electrons. The Balaban J connectivity index is 2.17. The summed E-state index contributed by atoms with van der Waals surface area (Å²) in [5, 5.41) is 19.6. The van der Waals surface area contributed by atoms with Crippen LogP contribution in [-0.2, 0) is 22.5 Å². The van der Waals surface area contributed by atoms with Gasteiger partial charge >= 0.3 is 0 Å². The molecule has 2 N–H and O–H groups in total. The first-order chi connectivity index (χ1) is 12.6. The predicted octanol–water partition coefficient (Wildman–Crippen LogP) is 3.63. The maximum Gasteiger partial charge on any atom is 0.146 e. The van der Waals surface area contributed by atoms with E-state index in [-0.39, 0.29) is 12.4 Å². The molecule has 1 heterocycles. The number of aromatic hydroxyl groups is 1. The minimum Gasteiger partial charge on any atom is -0.506 e. The molecular weight excluding hydrogens is 332 g/mol. The molecule has 0 aliphatic heterocycles. The molecule has 0 unspecified atom stereocenters. The largest absolute Gasteiger partial charge is 0.506 e. The Morgan fingerprint density at radius 1 is 1.00 bits per heavy atom. The van der Waals surface area contributed by atoms with E-state index in [4.69, 9.17) is 9.47 Å². The van der Waals surface area contributed by atoms with Crippen LogP contribution in [0.4, 0.5) is 5.82 Å². The number of aliphatic hydroxyl groups excluding tert-OH is 1. The minimum absolute atomic E-state index is 0.147. The summed E-state index contributed by atoms with van der Waals surface area (Å²) in [5.74, 6) is 0.921. The van der Waals surface area contributed by atoms with Crippen LogP contribution in [0.1, 0.15) is 62.6 Å². The second-order valence-electron chi connectivity index (χ2n) is 6.88. The summed E-state index contributed by atoms with van der Waals surface area (Å²) in [6, 6.07) is 1.74. The van der Waals surface area contributed by atoms with E-state index >= 15 is 0 Å². The molecule has 0 aliphatic carbocycles. The molecule has 0 amide bonds. The summed E-state index contributed by atoms with van der Waals surface area (Å²) in [7, 11) is 5.46. The molecule has 1 rings (SSSR count). The molecule has 0 fully saturated rings. The number of aromatic nitrogens is 1. The van der Waals surface area contributed by atoms with Crippen molar-refractivity contribution in [3.8, 4) is 5.75 Å². The fourth-order valence-electron chi connectivity index (χ4n) is 2.86. The molecular formula is C20H36N2O4. The molecule has 1 aromatic heterocycles. The predicted molar refractivity (Wildman–Crippen MR) is 105 cm³/mol. The van der Waals surface area contributed by atoms with Gasteiger partial charge in [0.05, 0.1) is 12.3 Å². The van der Waals surface area contributed by atoms with Crippen molar-refractivity contribution >= 4 is 5.82 Å². The molecule has 0 aliphatic rings. The van der Waals surface area contributed by atoms with Gasteiger partial charge in [-0.25, -0.2) is 4.98 Å². The van der Waals surface area contributed by atoms with Gasteiger partial charge in [-0.15, -0.1) is 0 Å². The number of aryl methyl sites for hydroxylation is 1. The van der Waals surface area contributed by atoms with Gasteiger partial charge in [0.15, 0.2) is 0 Å². The Morgan fingerprint density at radius 2 is 1.62 bits per heavy atom. The Hall–Kier alpha value is -1.37. The summed E-state index contributed by atoms with van der Waals surface area (Å²) in [4.78, 5) is 6.40. The van der Waals surface area contributed by atoms with Crippen LogP contribution in [-0.4, -0.2) is 49.8 Å². The third kappa shape index (κ3) is 8.83. The summed E-state index contributed by atoms with van der Waals surface area (Å²) in [6.45, 7) is 1.01. The highest BCUT2D eigenvalue weighted by atomic mass is 16.7. The van der Waals surface area contributed by atoms with Gasteiger partial charge in [0.1, 0.15) is 18.4 Å². The second-order valence-corrected chi connectivity index (χ2v) is 6.88. The lowest BCUT2D eigenvalue weighted by atomic mass is 10.0. The topological polar surface area (TPSA) is 75.1 Å². The van der Waals surface area contributed by atoms with Crippen LogP contribution in [0.15, 0.2) is 6.07 Å². The highest BCUT2D eigenvalue weighted by Gasteiger charge is 2.12. The zero-order valence-electron chi connectivity index (χ0n) is 16.7. The number of nitrogens with zero attached hydrogens (tertiary/aromatic N) is 2. The van der Waals surface area contributed by atoms with Gasteiger partial charge in [-0.2, -0.15) is 0 Å². The van der Waals surface area contributed by atoms with Gasteiger partial charge in [-0.3, -0.25) is 0 Å². The number of rotatable bonds is 15. The van der Waals surface area contributed by atoms with Crippen LogP contribution in [0.25, 0.3) is 0 Å². The summed E-state index contributed by atoms with van der Waals surface area (Å²) < 4.78 is 10.1. The van der Waals surface area contributed by atoms with Crippen LogP contribution in [0.2, 0.25) is 0 Å². The highest BCUT2D eigenvalue weighted by molar-refractivity contribution is 5.48. The maximum absolute atomic E-state index is 10.2. The van der Waals surface area contributed by atoms with Crippen LogP contribution < -0.4 is 4.90 Å². The van der Waals surface area contributed by atoms with Crippen LogP contribution in [0, 0.1) is 0 Å². The van der Waals surface area contributed by atoms with E-state index in [1.54, 1.807) is 13.2 Å². The van der Waals surface area contributed by atoms with Crippen LogP contribution in [0.3, 0.4) is 0 Å². The maximum atomic E-state index is 10.2. The molecule has 6 heteroatoms. The van der Waals surface area contributed by atoms with Crippen LogP contribution in [0.5, 0.6) is 5.75 Å². The Morgan fingerprint density at radius 3 is 2.19 bits per heavy atom. The number of anilines is 1. The molecule has 0 atom stereocenters. The zero-order valence-corrected chi connectivity index (χ0v) is 16.7. The van der Waals surface area contributed by atoms with Gasteiger partial charge in [-0.1, -0.05) is 38.5 Å². The monoisotopic (exact) mass is 368 g/mol. The van der Waals surface area contributed by atoms with Crippen molar-refractivity contribution in [3.05, 3.63) is 17.3 Å². The van der Waals surface area contributed by atoms with Gasteiger partial charge in [0, 0.05) is 33.4 Å². The molecule has 150 valence electrons. The van der Waals surface area contributed by atoms with E-state index in [1.807, 2.05) is 19.0 Å². The molecule has 0 saturated heterocycles. The first-order valence-corrected chi connectivity index (χ1v) is 9.66. The number of unbranched alkanes of at least 4 members (excludes halogenated alkanes) is 7. The molecule has 0 saturated carbocycles. The first-order valence-electron chi connectivity index (χ1n) is 9.66. The lowest BCUT2D eigenvalue weighted by Crippen LogP contribution is -2.12. The number of hydrogen-bond acceptors (Lipinski definition) is 6. The third-order valence-electron chi connectivity index (χ3n) is 4.41. The average Bonchev–Trinajstić information content (AvgIpc) is 2.63. The second kappa shape index (κ2) is 13.8. The molecule has 6 nitrogen and oxygen atoms in total. The van der Waals surface area contributed by atoms with Crippen molar-refractivity contribution in [2.75, 3.05) is 39.5 Å². The lowest BCUT2D eigenvalue weighted by molar-refractivity contribution is -0.0315. The number of aliphatic hydroxyl groups is 1. The van der Waals surface area contributed by atoms with Gasteiger partial charge < -0.3 is 24.6 Å². The van der Waals surface area contributed by atoms with E-state index in [2.05, 4.69) is 4.98 Å². The number of hydrogen-bond donors (Lipinski definition) is 2. The first kappa shape index (κ1) is 22.7. The fraction of sp³-hybridized carbons (Fsp3) is 0.750. The Labute approximate surface area is 158 Å². The smallest absolute Gasteiger partial charge is 0.146 e. The number of ether oxygens (including phenoxy) is 2. The highest BCUT2D eigenvalue weighted by Crippen LogP contribution is 2.27. The van der Waals surface area contributed by atoms with E-state index < -0.39 is 0 Å². The molecule has 0 bridgehead atoms. The normalized spacial score (nSPS) is 11.1. The van der Waals surface area contributed by atoms with Crippen molar-refractivity contribution in [2.24, 2.45) is 0 Å². The fourth-order valence-corrected chi connectivity index (χ4v) is 2.86. The van der Waals surface area contributed by atoms with Crippen molar-refractivity contribution in [1.82, 2.24) is 4.98 Å². The third-order valence-corrected chi connectivity index (χ3v) is 4.41. The average molecular weight is 369 g/mol. The van der Waals surface area contributed by atoms with Gasteiger partial charge in [0.25, 0.3) is 0 Å². The summed E-state index contributed by atoms with van der Waals surface area (Å²) in [5.41, 5.74) is 1.24. The summed E-state index contributed by atoms with van der Waals surface area (Å²) in [6.07, 6.45) is 10.2.